The van der Waals surface area contributed by atoms with Gasteiger partial charge < -0.3 is 10.4 Å². The van der Waals surface area contributed by atoms with Crippen LogP contribution >= 0.6 is 11.3 Å². The van der Waals surface area contributed by atoms with Gasteiger partial charge in [0.25, 0.3) is 0 Å². The van der Waals surface area contributed by atoms with Gasteiger partial charge in [-0.05, 0) is 6.42 Å². The molecule has 1 atom stereocenters. The van der Waals surface area contributed by atoms with Crippen LogP contribution in [0.5, 0.6) is 0 Å². The fourth-order valence-corrected chi connectivity index (χ4v) is 1.90. The summed E-state index contributed by atoms with van der Waals surface area (Å²) in [5.74, 6) is -0.850. The maximum absolute atomic E-state index is 10.4. The average Bonchev–Trinajstić information content (AvgIpc) is 2.67. The van der Waals surface area contributed by atoms with Gasteiger partial charge in [0.2, 0.25) is 6.41 Å². The molecule has 15 heavy (non-hydrogen) atoms. The van der Waals surface area contributed by atoms with E-state index in [2.05, 4.69) is 10.3 Å². The van der Waals surface area contributed by atoms with Crippen molar-refractivity contribution in [2.45, 2.75) is 25.3 Å². The number of thiazole rings is 1. The maximum atomic E-state index is 10.4. The molecule has 82 valence electrons. The molecule has 0 aliphatic carbocycles. The van der Waals surface area contributed by atoms with Crippen LogP contribution < -0.4 is 5.32 Å². The summed E-state index contributed by atoms with van der Waals surface area (Å²) in [5, 5.41) is 11.1. The molecule has 5 nitrogen and oxygen atoms in total. The van der Waals surface area contributed by atoms with Crippen molar-refractivity contribution < 1.29 is 14.7 Å². The summed E-state index contributed by atoms with van der Waals surface area (Å²) in [4.78, 5) is 25.7. The highest BCUT2D eigenvalue weighted by Gasteiger charge is 2.11. The van der Waals surface area contributed by atoms with Crippen molar-refractivity contribution >= 4 is 23.7 Å². The molecule has 0 radical (unpaired) electrons. The molecular weight excluding hydrogens is 216 g/mol. The van der Waals surface area contributed by atoms with Crippen LogP contribution in [0, 0.1) is 0 Å². The third-order valence-corrected chi connectivity index (χ3v) is 2.74. The summed E-state index contributed by atoms with van der Waals surface area (Å²) in [6, 6.07) is -0.126. The summed E-state index contributed by atoms with van der Waals surface area (Å²) in [6.45, 7) is 0. The molecule has 1 unspecified atom stereocenters. The van der Waals surface area contributed by atoms with E-state index in [0.717, 1.165) is 4.88 Å². The van der Waals surface area contributed by atoms with Crippen molar-refractivity contribution in [2.24, 2.45) is 0 Å². The Labute approximate surface area is 91.1 Å². The molecule has 0 saturated heterocycles. The molecule has 0 saturated carbocycles. The number of carbonyl (C=O) groups is 2. The number of nitrogens with one attached hydrogen (secondary N) is 1. The molecule has 0 spiro atoms. The Bertz CT molecular complexity index is 313. The molecule has 0 fully saturated rings. The molecule has 1 aromatic heterocycles. The van der Waals surface area contributed by atoms with E-state index in [4.69, 9.17) is 5.11 Å². The molecule has 1 heterocycles. The lowest BCUT2D eigenvalue weighted by atomic mass is 10.1. The molecule has 0 aromatic carbocycles. The Morgan fingerprint density at radius 1 is 1.73 bits per heavy atom. The van der Waals surface area contributed by atoms with Gasteiger partial charge in [-0.3, -0.25) is 14.6 Å². The van der Waals surface area contributed by atoms with Crippen molar-refractivity contribution in [3.63, 3.8) is 0 Å². The topological polar surface area (TPSA) is 79.3 Å². The highest BCUT2D eigenvalue weighted by molar-refractivity contribution is 7.09. The van der Waals surface area contributed by atoms with E-state index in [1.807, 2.05) is 0 Å². The van der Waals surface area contributed by atoms with Gasteiger partial charge >= 0.3 is 5.97 Å². The lowest BCUT2D eigenvalue weighted by Crippen LogP contribution is -2.30. The number of amides is 1. The number of carbonyl (C=O) groups excluding carboxylic acids is 1. The van der Waals surface area contributed by atoms with Gasteiger partial charge in [0.1, 0.15) is 0 Å². The first-order chi connectivity index (χ1) is 7.22. The van der Waals surface area contributed by atoms with Crippen molar-refractivity contribution in [1.82, 2.24) is 10.3 Å². The van der Waals surface area contributed by atoms with Crippen LogP contribution in [0.1, 0.15) is 17.7 Å². The molecule has 0 aliphatic rings. The van der Waals surface area contributed by atoms with Gasteiger partial charge in [-0.15, -0.1) is 11.3 Å². The molecular formula is C9H12N2O3S. The van der Waals surface area contributed by atoms with Gasteiger partial charge in [-0.1, -0.05) is 0 Å². The summed E-state index contributed by atoms with van der Waals surface area (Å²) >= 11 is 1.50. The summed E-state index contributed by atoms with van der Waals surface area (Å²) in [6.07, 6.45) is 3.46. The Morgan fingerprint density at radius 3 is 3.07 bits per heavy atom. The SMILES string of the molecule is O=CNC(CCC(=O)O)Cc1cncs1. The summed E-state index contributed by atoms with van der Waals surface area (Å²) in [7, 11) is 0. The van der Waals surface area contributed by atoms with E-state index in [0.29, 0.717) is 19.3 Å². The van der Waals surface area contributed by atoms with E-state index >= 15 is 0 Å². The molecule has 1 aromatic rings. The number of aliphatic carboxylic acids is 1. The minimum atomic E-state index is -0.850. The molecule has 0 aliphatic heterocycles. The number of rotatable bonds is 7. The first-order valence-electron chi connectivity index (χ1n) is 4.51. The lowest BCUT2D eigenvalue weighted by molar-refractivity contribution is -0.137. The highest BCUT2D eigenvalue weighted by atomic mass is 32.1. The van der Waals surface area contributed by atoms with E-state index in [-0.39, 0.29) is 12.5 Å². The third kappa shape index (κ3) is 4.55. The fraction of sp³-hybridized carbons (Fsp3) is 0.444. The van der Waals surface area contributed by atoms with Crippen LogP contribution in [0.15, 0.2) is 11.7 Å². The maximum Gasteiger partial charge on any atom is 0.303 e. The van der Waals surface area contributed by atoms with Crippen molar-refractivity contribution in [3.8, 4) is 0 Å². The van der Waals surface area contributed by atoms with Crippen LogP contribution in [0.25, 0.3) is 0 Å². The lowest BCUT2D eigenvalue weighted by Gasteiger charge is -2.13. The predicted molar refractivity (Wildman–Crippen MR) is 55.7 cm³/mol. The highest BCUT2D eigenvalue weighted by Crippen LogP contribution is 2.11. The van der Waals surface area contributed by atoms with Crippen LogP contribution in [0.2, 0.25) is 0 Å². The standard InChI is InChI=1S/C9H12N2O3S/c12-5-11-7(1-2-9(13)14)3-8-4-10-6-15-8/h4-7H,1-3H2,(H,11,12)(H,13,14). The number of aromatic nitrogens is 1. The number of hydrogen-bond donors (Lipinski definition) is 2. The van der Waals surface area contributed by atoms with Crippen LogP contribution in [-0.4, -0.2) is 28.5 Å². The van der Waals surface area contributed by atoms with E-state index in [1.165, 1.54) is 11.3 Å². The van der Waals surface area contributed by atoms with Crippen LogP contribution in [-0.2, 0) is 16.0 Å². The third-order valence-electron chi connectivity index (χ3n) is 1.94. The summed E-state index contributed by atoms with van der Waals surface area (Å²) in [5.41, 5.74) is 1.71. The fourth-order valence-electron chi connectivity index (χ4n) is 1.22. The summed E-state index contributed by atoms with van der Waals surface area (Å²) < 4.78 is 0. The predicted octanol–water partition coefficient (Wildman–Crippen LogP) is 0.665. The van der Waals surface area contributed by atoms with Gasteiger partial charge in [-0.25, -0.2) is 0 Å². The minimum Gasteiger partial charge on any atom is -0.481 e. The normalized spacial score (nSPS) is 12.0. The molecule has 0 bridgehead atoms. The quantitative estimate of drug-likeness (QED) is 0.672. The average molecular weight is 228 g/mol. The van der Waals surface area contributed by atoms with E-state index in [9.17, 15) is 9.59 Å². The zero-order valence-electron chi connectivity index (χ0n) is 8.05. The molecule has 1 amide bonds. The first kappa shape index (κ1) is 11.6. The second kappa shape index (κ2) is 6.13. The van der Waals surface area contributed by atoms with Gasteiger partial charge in [0.15, 0.2) is 0 Å². The van der Waals surface area contributed by atoms with Crippen LogP contribution in [0.4, 0.5) is 0 Å². The van der Waals surface area contributed by atoms with E-state index in [1.54, 1.807) is 11.7 Å². The smallest absolute Gasteiger partial charge is 0.303 e. The van der Waals surface area contributed by atoms with Crippen molar-refractivity contribution in [3.05, 3.63) is 16.6 Å². The monoisotopic (exact) mass is 228 g/mol. The second-order valence-corrected chi connectivity index (χ2v) is 4.06. The largest absolute Gasteiger partial charge is 0.481 e. The number of hydrogen-bond acceptors (Lipinski definition) is 4. The first-order valence-corrected chi connectivity index (χ1v) is 5.39. The van der Waals surface area contributed by atoms with Crippen molar-refractivity contribution in [2.75, 3.05) is 0 Å². The van der Waals surface area contributed by atoms with Gasteiger partial charge in [0.05, 0.1) is 5.51 Å². The van der Waals surface area contributed by atoms with E-state index < -0.39 is 5.97 Å². The van der Waals surface area contributed by atoms with Gasteiger partial charge in [-0.2, -0.15) is 0 Å². The minimum absolute atomic E-state index is 0.0598. The number of carboxylic acids is 1. The Hall–Kier alpha value is -1.43. The Balaban J connectivity index is 2.42. The second-order valence-electron chi connectivity index (χ2n) is 3.09. The number of carboxylic acid groups (broad SMARTS) is 1. The van der Waals surface area contributed by atoms with Crippen molar-refractivity contribution in [1.29, 1.82) is 0 Å². The zero-order chi connectivity index (χ0) is 11.1. The molecule has 2 N–H and O–H groups in total. The number of nitrogens with zero attached hydrogens (tertiary/aromatic N) is 1. The Morgan fingerprint density at radius 2 is 2.53 bits per heavy atom. The van der Waals surface area contributed by atoms with Gasteiger partial charge in [0, 0.05) is 30.0 Å². The Kier molecular flexibility index (Phi) is 4.76. The molecule has 6 heteroatoms. The van der Waals surface area contributed by atoms with Crippen LogP contribution in [0.3, 0.4) is 0 Å². The zero-order valence-corrected chi connectivity index (χ0v) is 8.87. The molecule has 1 rings (SSSR count).